The molecule has 1 saturated carbocycles. The number of hydrogen-bond acceptors (Lipinski definition) is 4. The van der Waals surface area contributed by atoms with Crippen molar-refractivity contribution in [3.8, 4) is 17.1 Å². The highest BCUT2D eigenvalue weighted by molar-refractivity contribution is 6.36. The van der Waals surface area contributed by atoms with E-state index in [4.69, 9.17) is 42.6 Å². The summed E-state index contributed by atoms with van der Waals surface area (Å²) >= 11 is 12.4. The van der Waals surface area contributed by atoms with Crippen LogP contribution in [0.4, 0.5) is 0 Å². The van der Waals surface area contributed by atoms with Crippen LogP contribution in [0, 0.1) is 0 Å². The van der Waals surface area contributed by atoms with Crippen LogP contribution in [0.1, 0.15) is 31.7 Å². The summed E-state index contributed by atoms with van der Waals surface area (Å²) < 4.78 is 13.1. The van der Waals surface area contributed by atoms with Gasteiger partial charge in [0, 0.05) is 30.6 Å². The number of methoxy groups -OCH3 is 2. The van der Waals surface area contributed by atoms with Gasteiger partial charge >= 0.3 is 0 Å². The number of carbonyl (C=O) groups is 1. The first-order valence-corrected chi connectivity index (χ1v) is 8.98. The standard InChI is InChI=1S/C17H20Cl2N2O2.CH2O2/c1-22-13-5-3-12(4-6-13)21-8-7-20-17(21)14-9-11(18)10-15(19)16(14)23-2;2-1-3/h7-10,12-13H,3-6H2,1-2H3;1H,(H,2,3). The lowest BCUT2D eigenvalue weighted by molar-refractivity contribution is -0.122. The Morgan fingerprint density at radius 2 is 1.88 bits per heavy atom. The highest BCUT2D eigenvalue weighted by Crippen LogP contribution is 2.40. The SMILES string of the molecule is COc1c(Cl)cc(Cl)cc1-c1nccn1C1CCC(OC)CC1.O=CO. The Morgan fingerprint density at radius 1 is 1.23 bits per heavy atom. The first kappa shape index (κ1) is 20.6. The van der Waals surface area contributed by atoms with Gasteiger partial charge in [-0.2, -0.15) is 0 Å². The van der Waals surface area contributed by atoms with Crippen LogP contribution in [-0.4, -0.2) is 41.5 Å². The molecule has 0 atom stereocenters. The third-order valence-electron chi connectivity index (χ3n) is 4.49. The van der Waals surface area contributed by atoms with E-state index in [1.165, 1.54) is 0 Å². The fourth-order valence-electron chi connectivity index (χ4n) is 3.31. The maximum absolute atomic E-state index is 8.36. The average molecular weight is 401 g/mol. The van der Waals surface area contributed by atoms with Crippen molar-refractivity contribution in [3.05, 3.63) is 34.6 Å². The molecule has 1 aromatic carbocycles. The van der Waals surface area contributed by atoms with Gasteiger partial charge in [-0.1, -0.05) is 23.2 Å². The summed E-state index contributed by atoms with van der Waals surface area (Å²) in [5.41, 5.74) is 0.823. The van der Waals surface area contributed by atoms with E-state index in [-0.39, 0.29) is 6.47 Å². The molecule has 6 nitrogen and oxygen atoms in total. The summed E-state index contributed by atoms with van der Waals surface area (Å²) in [4.78, 5) is 12.9. The third-order valence-corrected chi connectivity index (χ3v) is 4.99. The van der Waals surface area contributed by atoms with Gasteiger partial charge in [-0.25, -0.2) is 4.98 Å². The number of ether oxygens (including phenoxy) is 2. The molecule has 0 radical (unpaired) electrons. The molecule has 1 aromatic heterocycles. The molecular formula is C18H22Cl2N2O4. The number of imidazole rings is 1. The fourth-order valence-corrected chi connectivity index (χ4v) is 3.88. The Morgan fingerprint density at radius 3 is 2.46 bits per heavy atom. The maximum atomic E-state index is 8.36. The number of rotatable bonds is 4. The zero-order valence-electron chi connectivity index (χ0n) is 14.7. The molecule has 0 amide bonds. The predicted octanol–water partition coefficient (Wildman–Crippen LogP) is 4.70. The number of benzene rings is 1. The summed E-state index contributed by atoms with van der Waals surface area (Å²) in [5, 5.41) is 7.95. The summed E-state index contributed by atoms with van der Waals surface area (Å²) in [6.07, 6.45) is 8.45. The van der Waals surface area contributed by atoms with E-state index >= 15 is 0 Å². The van der Waals surface area contributed by atoms with Crippen LogP contribution in [0.2, 0.25) is 10.0 Å². The molecule has 1 fully saturated rings. The van der Waals surface area contributed by atoms with Crippen LogP contribution in [-0.2, 0) is 9.53 Å². The van der Waals surface area contributed by atoms with Crippen molar-refractivity contribution in [1.29, 1.82) is 0 Å². The van der Waals surface area contributed by atoms with Crippen molar-refractivity contribution in [2.75, 3.05) is 14.2 Å². The summed E-state index contributed by atoms with van der Waals surface area (Å²) in [7, 11) is 3.39. The van der Waals surface area contributed by atoms with E-state index < -0.39 is 0 Å². The third kappa shape index (κ3) is 4.69. The molecule has 0 aliphatic heterocycles. The molecule has 142 valence electrons. The molecule has 0 spiro atoms. The van der Waals surface area contributed by atoms with E-state index in [0.717, 1.165) is 37.1 Å². The Balaban J connectivity index is 0.000000758. The number of halogens is 2. The number of hydrogen-bond donors (Lipinski definition) is 1. The molecule has 26 heavy (non-hydrogen) atoms. The van der Waals surface area contributed by atoms with E-state index in [2.05, 4.69) is 9.55 Å². The van der Waals surface area contributed by atoms with Crippen molar-refractivity contribution in [3.63, 3.8) is 0 Å². The zero-order chi connectivity index (χ0) is 19.1. The van der Waals surface area contributed by atoms with Crippen LogP contribution in [0.5, 0.6) is 5.75 Å². The molecule has 1 N–H and O–H groups in total. The Labute approximate surface area is 162 Å². The van der Waals surface area contributed by atoms with Gasteiger partial charge in [-0.3, -0.25) is 4.79 Å². The molecule has 8 heteroatoms. The molecular weight excluding hydrogens is 379 g/mol. The van der Waals surface area contributed by atoms with Gasteiger partial charge in [-0.15, -0.1) is 0 Å². The maximum Gasteiger partial charge on any atom is 0.290 e. The van der Waals surface area contributed by atoms with Gasteiger partial charge in [-0.05, 0) is 37.8 Å². The van der Waals surface area contributed by atoms with Crippen molar-refractivity contribution in [1.82, 2.24) is 9.55 Å². The molecule has 0 bridgehead atoms. The van der Waals surface area contributed by atoms with Gasteiger partial charge in [0.25, 0.3) is 6.47 Å². The van der Waals surface area contributed by atoms with Gasteiger partial charge in [0.05, 0.1) is 23.8 Å². The first-order valence-electron chi connectivity index (χ1n) is 8.22. The van der Waals surface area contributed by atoms with Crippen molar-refractivity contribution in [2.45, 2.75) is 37.8 Å². The van der Waals surface area contributed by atoms with Crippen LogP contribution in [0.25, 0.3) is 11.4 Å². The summed E-state index contributed by atoms with van der Waals surface area (Å²) in [5.74, 6) is 1.45. The van der Waals surface area contributed by atoms with Crippen LogP contribution >= 0.6 is 23.2 Å². The second kappa shape index (κ2) is 9.80. The molecule has 0 unspecified atom stereocenters. The lowest BCUT2D eigenvalue weighted by atomic mass is 9.92. The Kier molecular flexibility index (Phi) is 7.75. The second-order valence-electron chi connectivity index (χ2n) is 5.90. The largest absolute Gasteiger partial charge is 0.494 e. The van der Waals surface area contributed by atoms with Crippen LogP contribution in [0.3, 0.4) is 0 Å². The predicted molar refractivity (Wildman–Crippen MR) is 101 cm³/mol. The average Bonchev–Trinajstić information content (AvgIpc) is 3.11. The molecule has 2 aromatic rings. The quantitative estimate of drug-likeness (QED) is 0.752. The van der Waals surface area contributed by atoms with E-state index in [1.54, 1.807) is 20.3 Å². The minimum absolute atomic E-state index is 0.250. The van der Waals surface area contributed by atoms with Crippen LogP contribution < -0.4 is 4.74 Å². The lowest BCUT2D eigenvalue weighted by Crippen LogP contribution is -2.22. The summed E-state index contributed by atoms with van der Waals surface area (Å²) in [6.45, 7) is -0.250. The molecule has 1 aliphatic carbocycles. The normalized spacial score (nSPS) is 19.4. The van der Waals surface area contributed by atoms with Gasteiger partial charge < -0.3 is 19.1 Å². The van der Waals surface area contributed by atoms with Crippen molar-refractivity contribution >= 4 is 29.7 Å². The number of aromatic nitrogens is 2. The molecule has 1 heterocycles. The Hall–Kier alpha value is -1.76. The molecule has 3 rings (SSSR count). The summed E-state index contributed by atoms with van der Waals surface area (Å²) in [6, 6.07) is 3.94. The lowest BCUT2D eigenvalue weighted by Gasteiger charge is -2.29. The molecule has 1 aliphatic rings. The fraction of sp³-hybridized carbons (Fsp3) is 0.444. The minimum Gasteiger partial charge on any atom is -0.494 e. The van der Waals surface area contributed by atoms with E-state index in [1.807, 2.05) is 18.5 Å². The monoisotopic (exact) mass is 400 g/mol. The van der Waals surface area contributed by atoms with Gasteiger partial charge in [0.15, 0.2) is 0 Å². The number of carboxylic acid groups (broad SMARTS) is 1. The van der Waals surface area contributed by atoms with E-state index in [0.29, 0.717) is 27.9 Å². The smallest absolute Gasteiger partial charge is 0.290 e. The highest BCUT2D eigenvalue weighted by Gasteiger charge is 2.25. The van der Waals surface area contributed by atoms with Crippen LogP contribution in [0.15, 0.2) is 24.5 Å². The molecule has 0 saturated heterocycles. The Bertz CT molecular complexity index is 728. The van der Waals surface area contributed by atoms with Crippen molar-refractivity contribution in [2.24, 2.45) is 0 Å². The number of nitrogens with zero attached hydrogens (tertiary/aromatic N) is 2. The zero-order valence-corrected chi connectivity index (χ0v) is 16.2. The van der Waals surface area contributed by atoms with Crippen molar-refractivity contribution < 1.29 is 19.4 Å². The topological polar surface area (TPSA) is 73.6 Å². The van der Waals surface area contributed by atoms with E-state index in [9.17, 15) is 0 Å². The minimum atomic E-state index is -0.250. The van der Waals surface area contributed by atoms with Gasteiger partial charge in [0.1, 0.15) is 11.6 Å². The first-order chi connectivity index (χ1) is 12.5. The second-order valence-corrected chi connectivity index (χ2v) is 6.74. The van der Waals surface area contributed by atoms with Gasteiger partial charge in [0.2, 0.25) is 0 Å². The highest BCUT2D eigenvalue weighted by atomic mass is 35.5.